The van der Waals surface area contributed by atoms with Crippen molar-refractivity contribution in [2.24, 2.45) is 0 Å². The smallest absolute Gasteiger partial charge is 0.0870 e. The summed E-state index contributed by atoms with van der Waals surface area (Å²) in [5.74, 6) is 0. The Morgan fingerprint density at radius 1 is 0.429 bits per heavy atom. The van der Waals surface area contributed by atoms with Gasteiger partial charge >= 0.3 is 0 Å². The summed E-state index contributed by atoms with van der Waals surface area (Å²) in [5, 5.41) is 14.1. The fraction of sp³-hybridized carbons (Fsp3) is 0.130. The van der Waals surface area contributed by atoms with Crippen LogP contribution in [0.25, 0.3) is 44.2 Å². The highest BCUT2D eigenvalue weighted by Crippen LogP contribution is 2.49. The molecule has 1 aliphatic carbocycles. The Kier molecular flexibility index (Phi) is 7.28. The molecule has 1 aliphatic heterocycles. The van der Waals surface area contributed by atoms with E-state index in [0.29, 0.717) is 0 Å². The number of fused-ring (bicyclic) bond motifs is 4. The van der Waals surface area contributed by atoms with Gasteiger partial charge in [0.15, 0.2) is 0 Å². The molecule has 3 N–H and O–H groups in total. The first-order valence-corrected chi connectivity index (χ1v) is 17.3. The van der Waals surface area contributed by atoms with E-state index < -0.39 is 0 Å². The Morgan fingerprint density at radius 3 is 1.69 bits per heavy atom. The fourth-order valence-electron chi connectivity index (χ4n) is 8.06. The third kappa shape index (κ3) is 5.19. The van der Waals surface area contributed by atoms with Crippen molar-refractivity contribution >= 4 is 10.8 Å². The van der Waals surface area contributed by atoms with Crippen LogP contribution in [0.1, 0.15) is 60.2 Å². The molecule has 0 saturated carbocycles. The number of hydrogen-bond donors (Lipinski definition) is 3. The molecule has 7 aromatic rings. The van der Waals surface area contributed by atoms with Crippen molar-refractivity contribution in [1.29, 1.82) is 0 Å². The molecule has 1 heterocycles. The maximum Gasteiger partial charge on any atom is 0.0870 e. The van der Waals surface area contributed by atoms with Gasteiger partial charge in [-0.15, -0.1) is 0 Å². The molecule has 3 heteroatoms. The third-order valence-corrected chi connectivity index (χ3v) is 10.6. The van der Waals surface area contributed by atoms with Crippen molar-refractivity contribution in [3.8, 4) is 33.4 Å². The largest absolute Gasteiger partial charge is 0.279 e. The van der Waals surface area contributed by atoms with E-state index in [1.165, 1.54) is 72.0 Å². The topological polar surface area (TPSA) is 36.1 Å². The molecule has 2 atom stereocenters. The van der Waals surface area contributed by atoms with Crippen molar-refractivity contribution in [3.05, 3.63) is 192 Å². The average molecular weight is 634 g/mol. The van der Waals surface area contributed by atoms with Gasteiger partial charge in [0.2, 0.25) is 0 Å². The second-order valence-corrected chi connectivity index (χ2v) is 13.9. The van der Waals surface area contributed by atoms with Crippen molar-refractivity contribution in [3.63, 3.8) is 0 Å². The van der Waals surface area contributed by atoms with Crippen LogP contribution in [0.3, 0.4) is 0 Å². The van der Waals surface area contributed by atoms with Crippen LogP contribution < -0.4 is 16.0 Å². The van der Waals surface area contributed by atoms with Gasteiger partial charge in [-0.2, -0.15) is 0 Å². The van der Waals surface area contributed by atoms with E-state index in [2.05, 4.69) is 194 Å². The number of rotatable bonds is 5. The van der Waals surface area contributed by atoms with E-state index in [1.54, 1.807) is 0 Å². The molecule has 9 rings (SSSR count). The first-order chi connectivity index (χ1) is 24.0. The first kappa shape index (κ1) is 29.8. The number of benzene rings is 7. The predicted octanol–water partition coefficient (Wildman–Crippen LogP) is 10.7. The molecule has 0 amide bonds. The quantitative estimate of drug-likeness (QED) is 0.177. The monoisotopic (exact) mass is 633 g/mol. The molecule has 238 valence electrons. The van der Waals surface area contributed by atoms with Crippen LogP contribution in [0.2, 0.25) is 0 Å². The zero-order valence-corrected chi connectivity index (χ0v) is 27.8. The Morgan fingerprint density at radius 2 is 0.980 bits per heavy atom. The minimum atomic E-state index is -0.100. The van der Waals surface area contributed by atoms with Gasteiger partial charge in [-0.25, -0.2) is 0 Å². The number of hydrogen-bond acceptors (Lipinski definition) is 3. The molecular weight excluding hydrogens is 595 g/mol. The van der Waals surface area contributed by atoms with E-state index in [0.717, 1.165) is 0 Å². The van der Waals surface area contributed by atoms with Crippen molar-refractivity contribution < 1.29 is 0 Å². The minimum Gasteiger partial charge on any atom is -0.279 e. The lowest BCUT2D eigenvalue weighted by atomic mass is 9.81. The predicted molar refractivity (Wildman–Crippen MR) is 203 cm³/mol. The zero-order chi connectivity index (χ0) is 33.0. The first-order valence-electron chi connectivity index (χ1n) is 17.3. The fourth-order valence-corrected chi connectivity index (χ4v) is 8.06. The Labute approximate surface area is 288 Å². The SMILES string of the molecule is CC1(C)c2ccccc2-c2ccc(-c3ccc(-c4c(C5NC(c6ccccc6)NC(c6ccccc6)N5)ccc5ccccc45)cc3)cc21. The standard InChI is InChI=1S/C46H39N3/c1-46(2)40-20-12-11-19-37(40)38-27-26-35(29-41(38)46)30-21-23-32(24-22-30)42-36-18-10-9-13-31(36)25-28-39(42)45-48-43(33-14-5-3-6-15-33)47-44(49-45)34-16-7-4-8-17-34/h3-29,43-45,47-49H,1-2H3. The second-order valence-electron chi connectivity index (χ2n) is 13.9. The molecule has 49 heavy (non-hydrogen) atoms. The summed E-state index contributed by atoms with van der Waals surface area (Å²) in [6, 6.07) is 59.7. The highest BCUT2D eigenvalue weighted by molar-refractivity contribution is 5.99. The summed E-state index contributed by atoms with van der Waals surface area (Å²) in [4.78, 5) is 0. The van der Waals surface area contributed by atoms with Gasteiger partial charge in [-0.1, -0.05) is 172 Å². The molecule has 0 radical (unpaired) electrons. The highest BCUT2D eigenvalue weighted by Gasteiger charge is 2.35. The molecule has 2 unspecified atom stereocenters. The molecule has 0 spiro atoms. The van der Waals surface area contributed by atoms with E-state index in [9.17, 15) is 0 Å². The van der Waals surface area contributed by atoms with E-state index in [4.69, 9.17) is 0 Å². The van der Waals surface area contributed by atoms with Gasteiger partial charge in [-0.05, 0) is 78.0 Å². The molecule has 2 aliphatic rings. The minimum absolute atomic E-state index is 0.0240. The molecule has 0 bridgehead atoms. The van der Waals surface area contributed by atoms with Crippen LogP contribution in [-0.4, -0.2) is 0 Å². The lowest BCUT2D eigenvalue weighted by Crippen LogP contribution is -2.54. The summed E-state index contributed by atoms with van der Waals surface area (Å²) >= 11 is 0. The second kappa shape index (κ2) is 12.0. The molecular formula is C46H39N3. The van der Waals surface area contributed by atoms with Gasteiger partial charge in [0, 0.05) is 5.41 Å². The van der Waals surface area contributed by atoms with Gasteiger partial charge in [0.25, 0.3) is 0 Å². The average Bonchev–Trinajstić information content (AvgIpc) is 3.40. The molecule has 0 aromatic heterocycles. The molecule has 1 fully saturated rings. The summed E-state index contributed by atoms with van der Waals surface area (Å²) in [6.07, 6.45) is -0.166. The summed E-state index contributed by atoms with van der Waals surface area (Å²) < 4.78 is 0. The van der Waals surface area contributed by atoms with Crippen LogP contribution in [0.15, 0.2) is 164 Å². The summed E-state index contributed by atoms with van der Waals surface area (Å²) in [7, 11) is 0. The highest BCUT2D eigenvalue weighted by atomic mass is 15.4. The summed E-state index contributed by atoms with van der Waals surface area (Å²) in [5.41, 5.74) is 14.1. The van der Waals surface area contributed by atoms with Crippen LogP contribution in [0.5, 0.6) is 0 Å². The Hall–Kier alpha value is -5.32. The Bertz CT molecular complexity index is 2240. The van der Waals surface area contributed by atoms with Crippen LogP contribution in [0, 0.1) is 0 Å². The van der Waals surface area contributed by atoms with E-state index in [1.807, 2.05) is 0 Å². The van der Waals surface area contributed by atoms with E-state index >= 15 is 0 Å². The third-order valence-electron chi connectivity index (χ3n) is 10.6. The van der Waals surface area contributed by atoms with Crippen LogP contribution >= 0.6 is 0 Å². The van der Waals surface area contributed by atoms with Gasteiger partial charge in [0.05, 0.1) is 18.5 Å². The maximum absolute atomic E-state index is 3.91. The van der Waals surface area contributed by atoms with Crippen LogP contribution in [-0.2, 0) is 5.41 Å². The maximum atomic E-state index is 3.91. The van der Waals surface area contributed by atoms with E-state index in [-0.39, 0.29) is 23.9 Å². The van der Waals surface area contributed by atoms with Gasteiger partial charge < -0.3 is 0 Å². The normalized spacial score (nSPS) is 19.3. The summed E-state index contributed by atoms with van der Waals surface area (Å²) in [6.45, 7) is 4.69. The van der Waals surface area contributed by atoms with Crippen molar-refractivity contribution in [2.75, 3.05) is 0 Å². The molecule has 1 saturated heterocycles. The molecule has 3 nitrogen and oxygen atoms in total. The Balaban J connectivity index is 1.12. The lowest BCUT2D eigenvalue weighted by molar-refractivity contribution is 0.203. The lowest BCUT2D eigenvalue weighted by Gasteiger charge is -2.40. The number of nitrogens with one attached hydrogen (secondary N) is 3. The van der Waals surface area contributed by atoms with Crippen molar-refractivity contribution in [1.82, 2.24) is 16.0 Å². The van der Waals surface area contributed by atoms with Gasteiger partial charge in [0.1, 0.15) is 0 Å². The van der Waals surface area contributed by atoms with Crippen LogP contribution in [0.4, 0.5) is 0 Å². The van der Waals surface area contributed by atoms with Gasteiger partial charge in [-0.3, -0.25) is 16.0 Å². The molecule has 7 aromatic carbocycles. The van der Waals surface area contributed by atoms with Crippen molar-refractivity contribution in [2.45, 2.75) is 37.8 Å². The zero-order valence-electron chi connectivity index (χ0n) is 27.8.